The molecule has 0 saturated carbocycles. The van der Waals surface area contributed by atoms with E-state index < -0.39 is 0 Å². The summed E-state index contributed by atoms with van der Waals surface area (Å²) in [6.07, 6.45) is 10.2. The van der Waals surface area contributed by atoms with Crippen LogP contribution in [0, 0.1) is 5.92 Å². The van der Waals surface area contributed by atoms with Crippen molar-refractivity contribution in [3.8, 4) is 0 Å². The molecule has 1 saturated heterocycles. The van der Waals surface area contributed by atoms with Gasteiger partial charge in [-0.2, -0.15) is 0 Å². The number of pyridine rings is 1. The van der Waals surface area contributed by atoms with Crippen LogP contribution in [0.2, 0.25) is 0 Å². The van der Waals surface area contributed by atoms with Crippen LogP contribution in [0.5, 0.6) is 0 Å². The molecule has 21 heavy (non-hydrogen) atoms. The fourth-order valence-corrected chi connectivity index (χ4v) is 3.88. The lowest BCUT2D eigenvalue weighted by Crippen LogP contribution is -2.28. The third kappa shape index (κ3) is 3.23. The summed E-state index contributed by atoms with van der Waals surface area (Å²) >= 11 is 0. The van der Waals surface area contributed by atoms with E-state index in [1.165, 1.54) is 67.6 Å². The smallest absolute Gasteiger partial charge is 0.133 e. The zero-order valence-electron chi connectivity index (χ0n) is 13.4. The summed E-state index contributed by atoms with van der Waals surface area (Å²) in [5.41, 5.74) is 10.1. The third-order valence-corrected chi connectivity index (χ3v) is 5.30. The van der Waals surface area contributed by atoms with Crippen molar-refractivity contribution in [2.45, 2.75) is 64.8 Å². The summed E-state index contributed by atoms with van der Waals surface area (Å²) in [6, 6.07) is 2.35. The Labute approximate surface area is 128 Å². The highest BCUT2D eigenvalue weighted by Gasteiger charge is 2.21. The molecule has 1 aromatic rings. The lowest BCUT2D eigenvalue weighted by atomic mass is 9.94. The molecule has 0 amide bonds. The molecule has 3 rings (SSSR count). The van der Waals surface area contributed by atoms with E-state index in [4.69, 9.17) is 10.7 Å². The Morgan fingerprint density at radius 3 is 2.86 bits per heavy atom. The van der Waals surface area contributed by atoms with Crippen molar-refractivity contribution < 1.29 is 0 Å². The number of rotatable bonds is 3. The minimum absolute atomic E-state index is 0.614. The molecule has 0 bridgehead atoms. The monoisotopic (exact) mass is 287 g/mol. The van der Waals surface area contributed by atoms with Crippen LogP contribution in [0.3, 0.4) is 0 Å². The van der Waals surface area contributed by atoms with E-state index in [9.17, 15) is 0 Å². The van der Waals surface area contributed by atoms with Crippen molar-refractivity contribution >= 4 is 5.82 Å². The number of nitrogens with two attached hydrogens (primary N) is 1. The van der Waals surface area contributed by atoms with Gasteiger partial charge in [0, 0.05) is 30.9 Å². The molecule has 1 unspecified atom stereocenters. The van der Waals surface area contributed by atoms with Gasteiger partial charge in [0.15, 0.2) is 0 Å². The molecule has 0 aromatic carbocycles. The maximum absolute atomic E-state index is 6.02. The third-order valence-electron chi connectivity index (χ3n) is 5.30. The Balaban J connectivity index is 1.86. The maximum atomic E-state index is 6.02. The van der Waals surface area contributed by atoms with Crippen molar-refractivity contribution in [3.05, 3.63) is 22.9 Å². The van der Waals surface area contributed by atoms with Gasteiger partial charge < -0.3 is 10.6 Å². The van der Waals surface area contributed by atoms with Gasteiger partial charge in [0.25, 0.3) is 0 Å². The van der Waals surface area contributed by atoms with Gasteiger partial charge in [0.2, 0.25) is 0 Å². The van der Waals surface area contributed by atoms with Crippen molar-refractivity contribution in [1.29, 1.82) is 0 Å². The highest BCUT2D eigenvalue weighted by molar-refractivity contribution is 5.50. The van der Waals surface area contributed by atoms with Gasteiger partial charge in [-0.15, -0.1) is 0 Å². The topological polar surface area (TPSA) is 42.2 Å². The van der Waals surface area contributed by atoms with Gasteiger partial charge >= 0.3 is 0 Å². The molecule has 2 N–H and O–H groups in total. The maximum Gasteiger partial charge on any atom is 0.133 e. The van der Waals surface area contributed by atoms with E-state index in [1.807, 2.05) is 0 Å². The second kappa shape index (κ2) is 6.78. The lowest BCUT2D eigenvalue weighted by molar-refractivity contribution is 0.459. The molecule has 1 aromatic heterocycles. The molecule has 1 fully saturated rings. The van der Waals surface area contributed by atoms with Gasteiger partial charge in [0.05, 0.1) is 0 Å². The normalized spacial score (nSPS) is 22.8. The second-order valence-corrected chi connectivity index (χ2v) is 6.68. The van der Waals surface area contributed by atoms with Crippen LogP contribution >= 0.6 is 0 Å². The molecule has 116 valence electrons. The molecule has 1 atom stereocenters. The Bertz CT molecular complexity index is 484. The summed E-state index contributed by atoms with van der Waals surface area (Å²) in [4.78, 5) is 7.55. The Hall–Kier alpha value is -1.09. The van der Waals surface area contributed by atoms with Crippen LogP contribution in [0.4, 0.5) is 5.82 Å². The van der Waals surface area contributed by atoms with E-state index in [1.54, 1.807) is 0 Å². The summed E-state index contributed by atoms with van der Waals surface area (Å²) in [7, 11) is 0. The van der Waals surface area contributed by atoms with Crippen molar-refractivity contribution in [3.63, 3.8) is 0 Å². The SMILES string of the molecule is CCC1CCCN(c2nc3c(cc2CN)CCCC3)CC1. The van der Waals surface area contributed by atoms with Crippen molar-refractivity contribution in [1.82, 2.24) is 4.98 Å². The number of hydrogen-bond acceptors (Lipinski definition) is 3. The van der Waals surface area contributed by atoms with Crippen LogP contribution < -0.4 is 10.6 Å². The summed E-state index contributed by atoms with van der Waals surface area (Å²) < 4.78 is 0. The summed E-state index contributed by atoms with van der Waals surface area (Å²) in [5.74, 6) is 2.09. The number of fused-ring (bicyclic) bond motifs is 1. The molecule has 1 aliphatic heterocycles. The Morgan fingerprint density at radius 1 is 1.19 bits per heavy atom. The van der Waals surface area contributed by atoms with E-state index in [-0.39, 0.29) is 0 Å². The first kappa shape index (κ1) is 14.8. The molecular weight excluding hydrogens is 258 g/mol. The van der Waals surface area contributed by atoms with E-state index in [2.05, 4.69) is 17.9 Å². The first-order chi connectivity index (χ1) is 10.3. The van der Waals surface area contributed by atoms with Gasteiger partial charge in [-0.3, -0.25) is 0 Å². The summed E-state index contributed by atoms with van der Waals surface area (Å²) in [5, 5.41) is 0. The fraction of sp³-hybridized carbons (Fsp3) is 0.722. The molecule has 2 aliphatic rings. The van der Waals surface area contributed by atoms with Crippen LogP contribution in [0.25, 0.3) is 0 Å². The van der Waals surface area contributed by atoms with Gasteiger partial charge in [-0.25, -0.2) is 4.98 Å². The average Bonchev–Trinajstić information content (AvgIpc) is 2.79. The van der Waals surface area contributed by atoms with E-state index in [0.717, 1.165) is 25.4 Å². The van der Waals surface area contributed by atoms with Crippen LogP contribution in [0.1, 0.15) is 62.3 Å². The van der Waals surface area contributed by atoms with Crippen molar-refractivity contribution in [2.24, 2.45) is 11.7 Å². The molecule has 3 heteroatoms. The Morgan fingerprint density at radius 2 is 2.05 bits per heavy atom. The van der Waals surface area contributed by atoms with Gasteiger partial charge in [-0.1, -0.05) is 13.3 Å². The number of hydrogen-bond donors (Lipinski definition) is 1. The van der Waals surface area contributed by atoms with Gasteiger partial charge in [-0.05, 0) is 62.5 Å². The van der Waals surface area contributed by atoms with Crippen LogP contribution in [-0.4, -0.2) is 18.1 Å². The number of aryl methyl sites for hydroxylation is 2. The standard InChI is InChI=1S/C18H29N3/c1-2-14-6-5-10-21(11-9-14)18-16(13-19)12-15-7-3-4-8-17(15)20-18/h12,14H,2-11,13,19H2,1H3. The second-order valence-electron chi connectivity index (χ2n) is 6.68. The molecule has 3 nitrogen and oxygen atoms in total. The van der Waals surface area contributed by atoms with Crippen molar-refractivity contribution in [2.75, 3.05) is 18.0 Å². The molecule has 0 radical (unpaired) electrons. The largest absolute Gasteiger partial charge is 0.356 e. The fourth-order valence-electron chi connectivity index (χ4n) is 3.88. The molecule has 0 spiro atoms. The number of aromatic nitrogens is 1. The van der Waals surface area contributed by atoms with Crippen LogP contribution in [0.15, 0.2) is 6.07 Å². The zero-order valence-corrected chi connectivity index (χ0v) is 13.4. The first-order valence-electron chi connectivity index (χ1n) is 8.78. The quantitative estimate of drug-likeness (QED) is 0.926. The number of anilines is 1. The highest BCUT2D eigenvalue weighted by atomic mass is 15.2. The average molecular weight is 287 g/mol. The molecular formula is C18H29N3. The highest BCUT2D eigenvalue weighted by Crippen LogP contribution is 2.29. The summed E-state index contributed by atoms with van der Waals surface area (Å²) in [6.45, 7) is 5.23. The predicted octanol–water partition coefficient (Wildman–Crippen LogP) is 3.44. The van der Waals surface area contributed by atoms with Crippen LogP contribution in [-0.2, 0) is 19.4 Å². The Kier molecular flexibility index (Phi) is 4.79. The minimum atomic E-state index is 0.614. The molecule has 2 heterocycles. The van der Waals surface area contributed by atoms with E-state index in [0.29, 0.717) is 6.54 Å². The first-order valence-corrected chi connectivity index (χ1v) is 8.78. The predicted molar refractivity (Wildman–Crippen MR) is 88.6 cm³/mol. The molecule has 1 aliphatic carbocycles. The zero-order chi connectivity index (χ0) is 14.7. The van der Waals surface area contributed by atoms with Gasteiger partial charge in [0.1, 0.15) is 5.82 Å². The lowest BCUT2D eigenvalue weighted by Gasteiger charge is -2.27. The minimum Gasteiger partial charge on any atom is -0.356 e. The van der Waals surface area contributed by atoms with E-state index >= 15 is 0 Å². The number of nitrogens with zero attached hydrogens (tertiary/aromatic N) is 2.